The molecule has 0 aliphatic carbocycles. The Morgan fingerprint density at radius 3 is 2.76 bits per heavy atom. The zero-order chi connectivity index (χ0) is 12.5. The predicted molar refractivity (Wildman–Crippen MR) is 73.3 cm³/mol. The molecule has 0 radical (unpaired) electrons. The maximum atomic E-state index is 5.95. The molecule has 0 unspecified atom stereocenters. The topological polar surface area (TPSA) is 35.2 Å². The molecule has 1 rings (SSSR count). The molecule has 2 nitrogen and oxygen atoms in total. The van der Waals surface area contributed by atoms with Gasteiger partial charge in [0.2, 0.25) is 0 Å². The average Bonchev–Trinajstić information content (AvgIpc) is 2.34. The number of nitrogens with two attached hydrogens (primary N) is 1. The quantitative estimate of drug-likeness (QED) is 0.714. The lowest BCUT2D eigenvalue weighted by molar-refractivity contribution is 0.0558. The van der Waals surface area contributed by atoms with Gasteiger partial charge in [-0.3, -0.25) is 0 Å². The van der Waals surface area contributed by atoms with Crippen molar-refractivity contribution in [2.45, 2.75) is 38.7 Å². The van der Waals surface area contributed by atoms with Crippen molar-refractivity contribution in [3.8, 4) is 0 Å². The Labute approximate surface area is 109 Å². The summed E-state index contributed by atoms with van der Waals surface area (Å²) in [4.78, 5) is 0. The summed E-state index contributed by atoms with van der Waals surface area (Å²) in [5, 5.41) is 0.732. The van der Waals surface area contributed by atoms with Gasteiger partial charge in [0, 0.05) is 18.2 Å². The molecular weight excluding hydrogens is 234 g/mol. The van der Waals surface area contributed by atoms with Crippen molar-refractivity contribution in [3.63, 3.8) is 0 Å². The van der Waals surface area contributed by atoms with E-state index < -0.39 is 0 Å². The highest BCUT2D eigenvalue weighted by atomic mass is 35.5. The van der Waals surface area contributed by atoms with Gasteiger partial charge in [-0.25, -0.2) is 0 Å². The number of rotatable bonds is 8. The van der Waals surface area contributed by atoms with Crippen LogP contribution in [0.1, 0.15) is 44.3 Å². The van der Waals surface area contributed by atoms with Crippen molar-refractivity contribution >= 4 is 11.6 Å². The molecule has 1 aromatic rings. The summed E-state index contributed by atoms with van der Waals surface area (Å²) >= 11 is 5.95. The van der Waals surface area contributed by atoms with Gasteiger partial charge in [-0.15, -0.1) is 0 Å². The van der Waals surface area contributed by atoms with Gasteiger partial charge in [-0.1, -0.05) is 49.9 Å². The van der Waals surface area contributed by atoms with E-state index in [4.69, 9.17) is 22.1 Å². The monoisotopic (exact) mass is 255 g/mol. The number of benzene rings is 1. The first-order valence-corrected chi connectivity index (χ1v) is 6.72. The molecule has 0 bridgehead atoms. The molecule has 0 aliphatic rings. The predicted octanol–water partition coefficient (Wildman–Crippen LogP) is 3.94. The summed E-state index contributed by atoms with van der Waals surface area (Å²) in [6.45, 7) is 3.47. The lowest BCUT2D eigenvalue weighted by Crippen LogP contribution is -2.16. The normalized spacial score (nSPS) is 12.6. The van der Waals surface area contributed by atoms with E-state index in [1.807, 2.05) is 24.3 Å². The molecule has 17 heavy (non-hydrogen) atoms. The molecule has 2 N–H and O–H groups in total. The van der Waals surface area contributed by atoms with Gasteiger partial charge in [-0.05, 0) is 24.1 Å². The van der Waals surface area contributed by atoms with Crippen molar-refractivity contribution in [2.24, 2.45) is 5.73 Å². The number of unbranched alkanes of at least 4 members (excludes halogenated alkanes) is 3. The van der Waals surface area contributed by atoms with Crippen molar-refractivity contribution in [1.82, 2.24) is 0 Å². The number of ether oxygens (including phenoxy) is 1. The van der Waals surface area contributed by atoms with Gasteiger partial charge in [0.25, 0.3) is 0 Å². The van der Waals surface area contributed by atoms with E-state index in [0.29, 0.717) is 6.54 Å². The second-order valence-electron chi connectivity index (χ2n) is 4.21. The van der Waals surface area contributed by atoms with E-state index in [2.05, 4.69) is 6.92 Å². The van der Waals surface area contributed by atoms with Crippen LogP contribution in [0.25, 0.3) is 0 Å². The Morgan fingerprint density at radius 2 is 2.12 bits per heavy atom. The van der Waals surface area contributed by atoms with E-state index in [-0.39, 0.29) is 6.10 Å². The standard InChI is InChI=1S/C14H22ClNO/c1-2-3-4-5-9-17-14(11-16)12-7-6-8-13(15)10-12/h6-8,10,14H,2-5,9,11,16H2,1H3/t14-/m1/s1. The molecule has 1 atom stereocenters. The number of hydrogen-bond acceptors (Lipinski definition) is 2. The maximum Gasteiger partial charge on any atom is 0.0947 e. The molecule has 96 valence electrons. The van der Waals surface area contributed by atoms with Crippen molar-refractivity contribution in [2.75, 3.05) is 13.2 Å². The van der Waals surface area contributed by atoms with E-state index in [9.17, 15) is 0 Å². The van der Waals surface area contributed by atoms with Gasteiger partial charge in [0.1, 0.15) is 0 Å². The fourth-order valence-electron chi connectivity index (χ4n) is 1.76. The molecule has 0 saturated heterocycles. The van der Waals surface area contributed by atoms with Crippen LogP contribution in [0.3, 0.4) is 0 Å². The number of hydrogen-bond donors (Lipinski definition) is 1. The summed E-state index contributed by atoms with van der Waals surface area (Å²) in [6, 6.07) is 7.72. The molecule has 1 aromatic carbocycles. The smallest absolute Gasteiger partial charge is 0.0947 e. The molecule has 3 heteroatoms. The molecule has 0 amide bonds. The largest absolute Gasteiger partial charge is 0.372 e. The second-order valence-corrected chi connectivity index (χ2v) is 4.65. The lowest BCUT2D eigenvalue weighted by Gasteiger charge is -2.16. The Balaban J connectivity index is 2.38. The van der Waals surface area contributed by atoms with Crippen LogP contribution < -0.4 is 5.73 Å². The molecular formula is C14H22ClNO. The van der Waals surface area contributed by atoms with E-state index >= 15 is 0 Å². The first kappa shape index (κ1) is 14.5. The van der Waals surface area contributed by atoms with Crippen LogP contribution in [0.4, 0.5) is 0 Å². The van der Waals surface area contributed by atoms with Crippen LogP contribution in [0.15, 0.2) is 24.3 Å². The summed E-state index contributed by atoms with van der Waals surface area (Å²) in [5.74, 6) is 0. The first-order valence-electron chi connectivity index (χ1n) is 6.35. The van der Waals surface area contributed by atoms with E-state index in [1.54, 1.807) is 0 Å². The van der Waals surface area contributed by atoms with Crippen molar-refractivity contribution in [1.29, 1.82) is 0 Å². The van der Waals surface area contributed by atoms with Gasteiger partial charge >= 0.3 is 0 Å². The third kappa shape index (κ3) is 5.53. The summed E-state index contributed by atoms with van der Waals surface area (Å²) in [6.07, 6.45) is 4.81. The van der Waals surface area contributed by atoms with E-state index in [0.717, 1.165) is 23.6 Å². The van der Waals surface area contributed by atoms with Gasteiger partial charge < -0.3 is 10.5 Å². The second kappa shape index (κ2) is 8.51. The SMILES string of the molecule is CCCCCCO[C@H](CN)c1cccc(Cl)c1. The highest BCUT2D eigenvalue weighted by Crippen LogP contribution is 2.20. The van der Waals surface area contributed by atoms with Gasteiger partial charge in [0.15, 0.2) is 0 Å². The third-order valence-corrected chi connectivity index (χ3v) is 2.99. The fourth-order valence-corrected chi connectivity index (χ4v) is 1.96. The minimum atomic E-state index is -0.0321. The number of halogens is 1. The molecule has 0 aromatic heterocycles. The van der Waals surface area contributed by atoms with Crippen LogP contribution in [-0.4, -0.2) is 13.2 Å². The van der Waals surface area contributed by atoms with Gasteiger partial charge in [-0.2, -0.15) is 0 Å². The average molecular weight is 256 g/mol. The fraction of sp³-hybridized carbons (Fsp3) is 0.571. The molecule has 0 saturated carbocycles. The first-order chi connectivity index (χ1) is 8.27. The zero-order valence-electron chi connectivity index (χ0n) is 10.5. The Bertz CT molecular complexity index is 317. The van der Waals surface area contributed by atoms with Crippen LogP contribution in [0, 0.1) is 0 Å². The summed E-state index contributed by atoms with van der Waals surface area (Å²) in [5.41, 5.74) is 6.79. The van der Waals surface area contributed by atoms with Crippen molar-refractivity contribution in [3.05, 3.63) is 34.9 Å². The molecule has 0 fully saturated rings. The van der Waals surface area contributed by atoms with Crippen molar-refractivity contribution < 1.29 is 4.74 Å². The van der Waals surface area contributed by atoms with Crippen LogP contribution in [-0.2, 0) is 4.74 Å². The molecule has 0 spiro atoms. The maximum absolute atomic E-state index is 5.95. The van der Waals surface area contributed by atoms with Crippen LogP contribution in [0.5, 0.6) is 0 Å². The molecule has 0 aliphatic heterocycles. The van der Waals surface area contributed by atoms with Crippen LogP contribution >= 0.6 is 11.6 Å². The van der Waals surface area contributed by atoms with Gasteiger partial charge in [0.05, 0.1) is 6.10 Å². The zero-order valence-corrected chi connectivity index (χ0v) is 11.2. The summed E-state index contributed by atoms with van der Waals surface area (Å²) < 4.78 is 5.80. The van der Waals surface area contributed by atoms with E-state index in [1.165, 1.54) is 19.3 Å². The Morgan fingerprint density at radius 1 is 1.29 bits per heavy atom. The minimum absolute atomic E-state index is 0.0321. The third-order valence-electron chi connectivity index (χ3n) is 2.75. The lowest BCUT2D eigenvalue weighted by atomic mass is 10.1. The highest BCUT2D eigenvalue weighted by molar-refractivity contribution is 6.30. The highest BCUT2D eigenvalue weighted by Gasteiger charge is 2.09. The van der Waals surface area contributed by atoms with Crippen LogP contribution in [0.2, 0.25) is 5.02 Å². The minimum Gasteiger partial charge on any atom is -0.372 e. The summed E-state index contributed by atoms with van der Waals surface area (Å²) in [7, 11) is 0. The Hall–Kier alpha value is -0.570. The molecule has 0 heterocycles. The Kier molecular flexibility index (Phi) is 7.25.